The van der Waals surface area contributed by atoms with Crippen LogP contribution in [-0.2, 0) is 6.61 Å². The molecule has 0 atom stereocenters. The third-order valence-corrected chi connectivity index (χ3v) is 4.62. The first-order valence-corrected chi connectivity index (χ1v) is 8.11. The van der Waals surface area contributed by atoms with Gasteiger partial charge in [-0.05, 0) is 36.5 Å². The van der Waals surface area contributed by atoms with E-state index in [9.17, 15) is 0 Å². The lowest BCUT2D eigenvalue weighted by Crippen LogP contribution is -1.96. The van der Waals surface area contributed by atoms with Gasteiger partial charge >= 0.3 is 0 Å². The second-order valence-corrected chi connectivity index (χ2v) is 6.80. The fourth-order valence-corrected chi connectivity index (χ4v) is 3.11. The van der Waals surface area contributed by atoms with Crippen LogP contribution >= 0.6 is 11.3 Å². The van der Waals surface area contributed by atoms with Gasteiger partial charge in [0.2, 0.25) is 0 Å². The van der Waals surface area contributed by atoms with Gasteiger partial charge in [0.15, 0.2) is 0 Å². The van der Waals surface area contributed by atoms with Crippen LogP contribution in [0.5, 0.6) is 5.75 Å². The lowest BCUT2D eigenvalue weighted by molar-refractivity contribution is 0.305. The fourth-order valence-electron chi connectivity index (χ4n) is 2.25. The zero-order valence-corrected chi connectivity index (χ0v) is 13.1. The largest absolute Gasteiger partial charge is 0.486 e. The highest BCUT2D eigenvalue weighted by atomic mass is 32.1. The molecule has 3 nitrogen and oxygen atoms in total. The maximum Gasteiger partial charge on any atom is 0.140 e. The van der Waals surface area contributed by atoms with Crippen LogP contribution in [0.3, 0.4) is 0 Å². The molecule has 21 heavy (non-hydrogen) atoms. The third-order valence-electron chi connectivity index (χ3n) is 3.67. The predicted molar refractivity (Wildman–Crippen MR) is 83.7 cm³/mol. The quantitative estimate of drug-likeness (QED) is 0.810. The van der Waals surface area contributed by atoms with E-state index in [1.54, 1.807) is 0 Å². The molecule has 0 spiro atoms. The minimum Gasteiger partial charge on any atom is -0.486 e. The van der Waals surface area contributed by atoms with Gasteiger partial charge in [-0.3, -0.25) is 0 Å². The first-order valence-electron chi connectivity index (χ1n) is 7.30. The van der Waals surface area contributed by atoms with E-state index in [2.05, 4.69) is 37.0 Å². The van der Waals surface area contributed by atoms with Crippen molar-refractivity contribution in [3.8, 4) is 11.8 Å². The lowest BCUT2D eigenvalue weighted by Gasteiger charge is -2.07. The molecule has 1 aromatic carbocycles. The Hall–Kier alpha value is -1.86. The van der Waals surface area contributed by atoms with Crippen molar-refractivity contribution in [2.75, 3.05) is 0 Å². The Kier molecular flexibility index (Phi) is 3.94. The summed E-state index contributed by atoms with van der Waals surface area (Å²) in [7, 11) is 0. The SMILES string of the molecule is CC(C)c1ccc(OCc2nc(C3CC3)c(C#N)s2)cc1. The molecule has 1 aromatic heterocycles. The van der Waals surface area contributed by atoms with Crippen molar-refractivity contribution in [3.05, 3.63) is 45.4 Å². The molecule has 2 aromatic rings. The molecule has 0 aliphatic heterocycles. The van der Waals surface area contributed by atoms with Gasteiger partial charge in [0, 0.05) is 5.92 Å². The summed E-state index contributed by atoms with van der Waals surface area (Å²) < 4.78 is 5.78. The minimum absolute atomic E-state index is 0.438. The van der Waals surface area contributed by atoms with Crippen LogP contribution in [-0.4, -0.2) is 4.98 Å². The van der Waals surface area contributed by atoms with E-state index in [4.69, 9.17) is 10.00 Å². The molecule has 0 radical (unpaired) electrons. The summed E-state index contributed by atoms with van der Waals surface area (Å²) in [5.74, 6) is 1.88. The molecule has 0 amide bonds. The molecule has 1 aliphatic carbocycles. The molecular weight excluding hydrogens is 280 g/mol. The number of nitriles is 1. The standard InChI is InChI=1S/C17H18N2OS/c1-11(2)12-5-7-14(8-6-12)20-10-16-19-17(13-3-4-13)15(9-18)21-16/h5-8,11,13H,3-4,10H2,1-2H3. The summed E-state index contributed by atoms with van der Waals surface area (Å²) in [6.07, 6.45) is 2.32. The van der Waals surface area contributed by atoms with E-state index in [1.165, 1.54) is 16.9 Å². The van der Waals surface area contributed by atoms with Gasteiger partial charge < -0.3 is 4.74 Å². The summed E-state index contributed by atoms with van der Waals surface area (Å²) in [6, 6.07) is 10.4. The van der Waals surface area contributed by atoms with Crippen LogP contribution < -0.4 is 4.74 Å². The predicted octanol–water partition coefficient (Wildman–Crippen LogP) is 4.59. The molecule has 1 aliphatic rings. The molecule has 0 N–H and O–H groups in total. The topological polar surface area (TPSA) is 45.9 Å². The highest BCUT2D eigenvalue weighted by Crippen LogP contribution is 2.42. The van der Waals surface area contributed by atoms with Gasteiger partial charge in [0.25, 0.3) is 0 Å². The van der Waals surface area contributed by atoms with Crippen LogP contribution in [0.25, 0.3) is 0 Å². The van der Waals surface area contributed by atoms with E-state index in [-0.39, 0.29) is 0 Å². The van der Waals surface area contributed by atoms with Gasteiger partial charge in [-0.2, -0.15) is 5.26 Å². The third kappa shape index (κ3) is 3.25. The number of hydrogen-bond acceptors (Lipinski definition) is 4. The highest BCUT2D eigenvalue weighted by molar-refractivity contribution is 7.12. The van der Waals surface area contributed by atoms with Crippen LogP contribution in [0.1, 0.15) is 59.7 Å². The van der Waals surface area contributed by atoms with E-state index in [0.29, 0.717) is 18.4 Å². The number of nitrogens with zero attached hydrogens (tertiary/aromatic N) is 2. The Morgan fingerprint density at radius 3 is 2.62 bits per heavy atom. The van der Waals surface area contributed by atoms with Crippen LogP contribution in [0, 0.1) is 11.3 Å². The fraction of sp³-hybridized carbons (Fsp3) is 0.412. The monoisotopic (exact) mass is 298 g/mol. The van der Waals surface area contributed by atoms with Crippen molar-refractivity contribution in [2.45, 2.75) is 45.1 Å². The van der Waals surface area contributed by atoms with Crippen molar-refractivity contribution in [2.24, 2.45) is 0 Å². The van der Waals surface area contributed by atoms with Crippen molar-refractivity contribution in [1.82, 2.24) is 4.98 Å². The molecule has 1 heterocycles. The second-order valence-electron chi connectivity index (χ2n) is 5.72. The zero-order chi connectivity index (χ0) is 14.8. The van der Waals surface area contributed by atoms with Crippen molar-refractivity contribution in [3.63, 3.8) is 0 Å². The van der Waals surface area contributed by atoms with Gasteiger partial charge in [-0.25, -0.2) is 4.98 Å². The molecule has 1 fully saturated rings. The maximum atomic E-state index is 9.16. The lowest BCUT2D eigenvalue weighted by atomic mass is 10.0. The van der Waals surface area contributed by atoms with Crippen molar-refractivity contribution in [1.29, 1.82) is 5.26 Å². The molecule has 3 rings (SSSR count). The Labute approximate surface area is 129 Å². The highest BCUT2D eigenvalue weighted by Gasteiger charge is 2.29. The van der Waals surface area contributed by atoms with Crippen LogP contribution in [0.4, 0.5) is 0 Å². The van der Waals surface area contributed by atoms with Gasteiger partial charge in [-0.1, -0.05) is 26.0 Å². The van der Waals surface area contributed by atoms with E-state index < -0.39 is 0 Å². The van der Waals surface area contributed by atoms with Crippen LogP contribution in [0.15, 0.2) is 24.3 Å². The Morgan fingerprint density at radius 2 is 2.05 bits per heavy atom. The Bertz CT molecular complexity index is 663. The Morgan fingerprint density at radius 1 is 1.33 bits per heavy atom. The molecule has 4 heteroatoms. The first kappa shape index (κ1) is 14.1. The summed E-state index contributed by atoms with van der Waals surface area (Å²) in [6.45, 7) is 4.79. The molecule has 0 unspecified atom stereocenters. The van der Waals surface area contributed by atoms with E-state index in [1.807, 2.05) is 12.1 Å². The first-order chi connectivity index (χ1) is 10.2. The van der Waals surface area contributed by atoms with E-state index in [0.717, 1.165) is 34.2 Å². The normalized spacial score (nSPS) is 14.2. The Balaban J connectivity index is 1.66. The number of aromatic nitrogens is 1. The zero-order valence-electron chi connectivity index (χ0n) is 12.3. The van der Waals surface area contributed by atoms with Gasteiger partial charge in [0.05, 0.1) is 5.69 Å². The number of benzene rings is 1. The minimum atomic E-state index is 0.438. The van der Waals surface area contributed by atoms with Gasteiger partial charge in [0.1, 0.15) is 28.3 Å². The molecule has 108 valence electrons. The summed E-state index contributed by atoms with van der Waals surface area (Å²) in [4.78, 5) is 5.33. The second kappa shape index (κ2) is 5.87. The average Bonchev–Trinajstić information content (AvgIpc) is 3.26. The number of rotatable bonds is 5. The van der Waals surface area contributed by atoms with Crippen LogP contribution in [0.2, 0.25) is 0 Å². The number of hydrogen-bond donors (Lipinski definition) is 0. The summed E-state index contributed by atoms with van der Waals surface area (Å²) in [5.41, 5.74) is 2.29. The van der Waals surface area contributed by atoms with Crippen molar-refractivity contribution >= 4 is 11.3 Å². The number of ether oxygens (including phenoxy) is 1. The molecule has 0 bridgehead atoms. The summed E-state index contributed by atoms with van der Waals surface area (Å²) >= 11 is 1.46. The number of thiazole rings is 1. The molecular formula is C17H18N2OS. The maximum absolute atomic E-state index is 9.16. The van der Waals surface area contributed by atoms with E-state index >= 15 is 0 Å². The van der Waals surface area contributed by atoms with Crippen molar-refractivity contribution < 1.29 is 4.74 Å². The average molecular weight is 298 g/mol. The smallest absolute Gasteiger partial charge is 0.140 e. The summed E-state index contributed by atoms with van der Waals surface area (Å²) in [5, 5.41) is 10.0. The molecule has 1 saturated carbocycles. The van der Waals surface area contributed by atoms with Gasteiger partial charge in [-0.15, -0.1) is 11.3 Å². The molecule has 0 saturated heterocycles.